The number of carbonyl (C=O) groups excluding carboxylic acids is 1. The van der Waals surface area contributed by atoms with Crippen molar-refractivity contribution in [1.82, 2.24) is 9.62 Å². The Hall–Kier alpha value is -1.40. The standard InChI is InChI=1S/C17H26N2O3S/c1-14-8-10-16(11-9-14)23(21,22)18-13-12-17(20)19(2)15-6-4-3-5-7-15/h8-11,15,18H,3-7,12-13H2,1-2H3. The van der Waals surface area contributed by atoms with Gasteiger partial charge in [-0.1, -0.05) is 37.0 Å². The smallest absolute Gasteiger partial charge is 0.240 e. The Morgan fingerprint density at radius 3 is 2.39 bits per heavy atom. The quantitative estimate of drug-likeness (QED) is 0.866. The first-order valence-corrected chi connectivity index (χ1v) is 9.70. The lowest BCUT2D eigenvalue weighted by Crippen LogP contribution is -2.39. The fraction of sp³-hybridized carbons (Fsp3) is 0.588. The average molecular weight is 338 g/mol. The fourth-order valence-electron chi connectivity index (χ4n) is 2.94. The molecule has 0 heterocycles. The SMILES string of the molecule is Cc1ccc(S(=O)(=O)NCCC(=O)N(C)C2CCCCC2)cc1. The van der Waals surface area contributed by atoms with Crippen molar-refractivity contribution in [3.63, 3.8) is 0 Å². The summed E-state index contributed by atoms with van der Waals surface area (Å²) >= 11 is 0. The second-order valence-corrected chi connectivity index (χ2v) is 8.02. The average Bonchev–Trinajstić information content (AvgIpc) is 2.55. The van der Waals surface area contributed by atoms with Crippen LogP contribution in [0.15, 0.2) is 29.2 Å². The van der Waals surface area contributed by atoms with Crippen LogP contribution in [-0.2, 0) is 14.8 Å². The summed E-state index contributed by atoms with van der Waals surface area (Å²) in [6.45, 7) is 2.04. The molecule has 5 nitrogen and oxygen atoms in total. The molecule has 128 valence electrons. The summed E-state index contributed by atoms with van der Waals surface area (Å²) in [5.41, 5.74) is 1.01. The van der Waals surface area contributed by atoms with Crippen molar-refractivity contribution in [2.45, 2.75) is 56.4 Å². The van der Waals surface area contributed by atoms with Crippen molar-refractivity contribution in [1.29, 1.82) is 0 Å². The number of hydrogen-bond donors (Lipinski definition) is 1. The Labute approximate surface area is 139 Å². The van der Waals surface area contributed by atoms with Crippen molar-refractivity contribution in [3.8, 4) is 0 Å². The predicted molar refractivity (Wildman–Crippen MR) is 90.6 cm³/mol. The molecular formula is C17H26N2O3S. The Morgan fingerprint density at radius 1 is 1.17 bits per heavy atom. The number of hydrogen-bond acceptors (Lipinski definition) is 3. The maximum absolute atomic E-state index is 12.2. The first kappa shape index (κ1) is 17.9. The molecule has 1 fully saturated rings. The monoisotopic (exact) mass is 338 g/mol. The second-order valence-electron chi connectivity index (χ2n) is 6.26. The summed E-state index contributed by atoms with van der Waals surface area (Å²) in [5.74, 6) is 0.00325. The molecule has 1 aliphatic carbocycles. The Kier molecular flexibility index (Phi) is 6.18. The molecule has 0 aromatic heterocycles. The fourth-order valence-corrected chi connectivity index (χ4v) is 3.97. The van der Waals surface area contributed by atoms with E-state index in [9.17, 15) is 13.2 Å². The van der Waals surface area contributed by atoms with Gasteiger partial charge in [0.05, 0.1) is 4.90 Å². The van der Waals surface area contributed by atoms with Gasteiger partial charge in [-0.3, -0.25) is 4.79 Å². The summed E-state index contributed by atoms with van der Waals surface area (Å²) in [4.78, 5) is 14.2. The number of sulfonamides is 1. The highest BCUT2D eigenvalue weighted by Crippen LogP contribution is 2.22. The molecule has 0 unspecified atom stereocenters. The number of benzene rings is 1. The molecule has 1 aliphatic rings. The zero-order chi connectivity index (χ0) is 16.9. The van der Waals surface area contributed by atoms with Crippen molar-refractivity contribution >= 4 is 15.9 Å². The molecule has 2 rings (SSSR count). The normalized spacial score (nSPS) is 16.3. The van der Waals surface area contributed by atoms with Crippen molar-refractivity contribution in [2.75, 3.05) is 13.6 Å². The highest BCUT2D eigenvalue weighted by molar-refractivity contribution is 7.89. The zero-order valence-corrected chi connectivity index (χ0v) is 14.7. The van der Waals surface area contributed by atoms with E-state index < -0.39 is 10.0 Å². The topological polar surface area (TPSA) is 66.5 Å². The minimum atomic E-state index is -3.54. The zero-order valence-electron chi connectivity index (χ0n) is 13.9. The van der Waals surface area contributed by atoms with Crippen LogP contribution >= 0.6 is 0 Å². The van der Waals surface area contributed by atoms with Gasteiger partial charge in [-0.15, -0.1) is 0 Å². The van der Waals surface area contributed by atoms with Crippen LogP contribution in [0.25, 0.3) is 0 Å². The maximum Gasteiger partial charge on any atom is 0.240 e. The number of rotatable bonds is 6. The molecular weight excluding hydrogens is 312 g/mol. The van der Waals surface area contributed by atoms with Gasteiger partial charge in [-0.2, -0.15) is 0 Å². The molecule has 1 amide bonds. The summed E-state index contributed by atoms with van der Waals surface area (Å²) in [7, 11) is -1.72. The minimum absolute atomic E-state index is 0.00325. The van der Waals surface area contributed by atoms with E-state index in [-0.39, 0.29) is 23.8 Å². The van der Waals surface area contributed by atoms with Crippen molar-refractivity contribution in [2.24, 2.45) is 0 Å². The summed E-state index contributed by atoms with van der Waals surface area (Å²) in [6, 6.07) is 6.99. The molecule has 23 heavy (non-hydrogen) atoms. The van der Waals surface area contributed by atoms with Crippen LogP contribution in [0.2, 0.25) is 0 Å². The first-order chi connectivity index (χ1) is 10.9. The highest BCUT2D eigenvalue weighted by Gasteiger charge is 2.22. The third kappa shape index (κ3) is 5.04. The number of carbonyl (C=O) groups is 1. The van der Waals surface area contributed by atoms with Crippen LogP contribution in [0.1, 0.15) is 44.1 Å². The number of nitrogens with one attached hydrogen (secondary N) is 1. The largest absolute Gasteiger partial charge is 0.343 e. The van der Waals surface area contributed by atoms with Gasteiger partial charge in [0, 0.05) is 26.1 Å². The maximum atomic E-state index is 12.2. The first-order valence-electron chi connectivity index (χ1n) is 8.22. The van der Waals surface area contributed by atoms with E-state index in [1.54, 1.807) is 29.2 Å². The van der Waals surface area contributed by atoms with Gasteiger partial charge in [0.15, 0.2) is 0 Å². The molecule has 0 aliphatic heterocycles. The Balaban J connectivity index is 1.83. The van der Waals surface area contributed by atoms with Gasteiger partial charge in [0.2, 0.25) is 15.9 Å². The molecule has 1 saturated carbocycles. The lowest BCUT2D eigenvalue weighted by atomic mass is 9.94. The van der Waals surface area contributed by atoms with Crippen LogP contribution in [-0.4, -0.2) is 38.9 Å². The van der Waals surface area contributed by atoms with Gasteiger partial charge in [-0.05, 0) is 31.9 Å². The third-order valence-corrected chi connectivity index (χ3v) is 5.95. The van der Waals surface area contributed by atoms with Gasteiger partial charge in [0.25, 0.3) is 0 Å². The van der Waals surface area contributed by atoms with Crippen LogP contribution in [0.3, 0.4) is 0 Å². The van der Waals surface area contributed by atoms with Gasteiger partial charge in [0.1, 0.15) is 0 Å². The number of aryl methyl sites for hydroxylation is 1. The molecule has 0 radical (unpaired) electrons. The highest BCUT2D eigenvalue weighted by atomic mass is 32.2. The second kappa shape index (κ2) is 7.93. The van der Waals surface area contributed by atoms with Gasteiger partial charge >= 0.3 is 0 Å². The molecule has 0 saturated heterocycles. The molecule has 6 heteroatoms. The van der Waals surface area contributed by atoms with Crippen LogP contribution < -0.4 is 4.72 Å². The minimum Gasteiger partial charge on any atom is -0.343 e. The van der Waals surface area contributed by atoms with Crippen molar-refractivity contribution < 1.29 is 13.2 Å². The van der Waals surface area contributed by atoms with E-state index in [0.717, 1.165) is 18.4 Å². The molecule has 1 N–H and O–H groups in total. The molecule has 0 spiro atoms. The van der Waals surface area contributed by atoms with Crippen LogP contribution in [0.5, 0.6) is 0 Å². The van der Waals surface area contributed by atoms with Gasteiger partial charge in [-0.25, -0.2) is 13.1 Å². The van der Waals surface area contributed by atoms with E-state index in [1.807, 2.05) is 14.0 Å². The predicted octanol–water partition coefficient (Wildman–Crippen LogP) is 2.45. The lowest BCUT2D eigenvalue weighted by Gasteiger charge is -2.31. The summed E-state index contributed by atoms with van der Waals surface area (Å²) < 4.78 is 26.8. The molecule has 0 atom stereocenters. The van der Waals surface area contributed by atoms with E-state index in [2.05, 4.69) is 4.72 Å². The van der Waals surface area contributed by atoms with Crippen LogP contribution in [0, 0.1) is 6.92 Å². The number of nitrogens with zero attached hydrogens (tertiary/aromatic N) is 1. The van der Waals surface area contributed by atoms with Gasteiger partial charge < -0.3 is 4.90 Å². The number of amides is 1. The molecule has 1 aromatic carbocycles. The van der Waals surface area contributed by atoms with E-state index in [1.165, 1.54) is 19.3 Å². The molecule has 0 bridgehead atoms. The van der Waals surface area contributed by atoms with Crippen LogP contribution in [0.4, 0.5) is 0 Å². The van der Waals surface area contributed by atoms with E-state index >= 15 is 0 Å². The third-order valence-electron chi connectivity index (χ3n) is 4.48. The van der Waals surface area contributed by atoms with Crippen molar-refractivity contribution in [3.05, 3.63) is 29.8 Å². The van der Waals surface area contributed by atoms with E-state index in [0.29, 0.717) is 6.04 Å². The molecule has 1 aromatic rings. The van der Waals surface area contributed by atoms with E-state index in [4.69, 9.17) is 0 Å². The summed E-state index contributed by atoms with van der Waals surface area (Å²) in [5, 5.41) is 0. The summed E-state index contributed by atoms with van der Waals surface area (Å²) in [6.07, 6.45) is 5.88. The lowest BCUT2D eigenvalue weighted by molar-refractivity contribution is -0.132. The Morgan fingerprint density at radius 2 is 1.78 bits per heavy atom. The Bertz CT molecular complexity index is 620.